The number of nitrogens with zero attached hydrogens (tertiary/aromatic N) is 2. The van der Waals surface area contributed by atoms with E-state index >= 15 is 0 Å². The molecule has 7 heteroatoms. The Hall–Kier alpha value is -1.79. The van der Waals surface area contributed by atoms with E-state index in [1.54, 1.807) is 0 Å². The van der Waals surface area contributed by atoms with Crippen LogP contribution < -0.4 is 10.1 Å². The zero-order valence-corrected chi connectivity index (χ0v) is 26.4. The molecule has 0 aliphatic carbocycles. The van der Waals surface area contributed by atoms with Gasteiger partial charge in [0.25, 0.3) is 0 Å². The Bertz CT molecular complexity index is 784. The van der Waals surface area contributed by atoms with Crippen LogP contribution in [0.2, 0.25) is 0 Å². The van der Waals surface area contributed by atoms with Crippen molar-refractivity contribution < 1.29 is 14.3 Å². The van der Waals surface area contributed by atoms with E-state index in [0.717, 1.165) is 44.6 Å². The lowest BCUT2D eigenvalue weighted by Crippen LogP contribution is -2.47. The molecule has 0 atom stereocenters. The number of aryl methyl sites for hydroxylation is 1. The van der Waals surface area contributed by atoms with Crippen LogP contribution in [0.1, 0.15) is 122 Å². The first-order chi connectivity index (χ1) is 19.1. The maximum Gasteiger partial charge on any atom is 0.412 e. The Kier molecular flexibility index (Phi) is 21.6. The molecule has 1 fully saturated rings. The van der Waals surface area contributed by atoms with E-state index in [4.69, 9.17) is 4.74 Å². The van der Waals surface area contributed by atoms with Crippen LogP contribution in [0.25, 0.3) is 0 Å². The summed E-state index contributed by atoms with van der Waals surface area (Å²) in [7, 11) is 2.08. The number of unbranched alkanes of at least 4 members (excludes halogenated alkanes) is 15. The molecule has 0 spiro atoms. The van der Waals surface area contributed by atoms with Gasteiger partial charge in [0.2, 0.25) is 5.91 Å². The van der Waals surface area contributed by atoms with Crippen molar-refractivity contribution in [2.75, 3.05) is 39.8 Å². The summed E-state index contributed by atoms with van der Waals surface area (Å²) in [6.07, 6.45) is 22.0. The number of piperazine rings is 1. The van der Waals surface area contributed by atoms with E-state index in [9.17, 15) is 9.59 Å². The summed E-state index contributed by atoms with van der Waals surface area (Å²) in [5, 5.41) is 2.89. The number of carbonyl (C=O) groups is 2. The van der Waals surface area contributed by atoms with E-state index in [-0.39, 0.29) is 18.3 Å². The molecule has 40 heavy (non-hydrogen) atoms. The highest BCUT2D eigenvalue weighted by Gasteiger charge is 2.19. The monoisotopic (exact) mass is 579 g/mol. The molecule has 1 saturated heterocycles. The second kappa shape index (κ2) is 23.9. The van der Waals surface area contributed by atoms with Gasteiger partial charge in [0.1, 0.15) is 5.75 Å². The number of hydrogen-bond donors (Lipinski definition) is 1. The largest absolute Gasteiger partial charge is 0.412 e. The van der Waals surface area contributed by atoms with Crippen LogP contribution in [-0.2, 0) is 11.2 Å². The first-order valence-electron chi connectivity index (χ1n) is 16.1. The van der Waals surface area contributed by atoms with Gasteiger partial charge in [-0.05, 0) is 31.5 Å². The molecule has 1 aromatic rings. The van der Waals surface area contributed by atoms with Gasteiger partial charge in [0.05, 0.1) is 0 Å². The van der Waals surface area contributed by atoms with Gasteiger partial charge in [-0.2, -0.15) is 0 Å². The van der Waals surface area contributed by atoms with Gasteiger partial charge in [-0.25, -0.2) is 4.79 Å². The smallest absolute Gasteiger partial charge is 0.410 e. The Morgan fingerprint density at radius 2 is 1.25 bits per heavy atom. The summed E-state index contributed by atoms with van der Waals surface area (Å²) >= 11 is 0. The fourth-order valence-electron chi connectivity index (χ4n) is 5.26. The zero-order valence-electron chi connectivity index (χ0n) is 25.6. The molecule has 0 aromatic heterocycles. The standard InChI is InChI=1S/C33H57N3O3.ClH/c1-3-4-5-6-7-8-9-10-11-12-13-14-15-16-17-20-25-34-33(38)39-31-22-19-18-21-30(31)23-24-32(37)36-28-26-35(2)27-29-36;/h18-19,21-22H,3-17,20,23-29H2,1-2H3,(H,34,38);1H. The normalized spacial score (nSPS) is 13.6. The third-order valence-electron chi connectivity index (χ3n) is 7.94. The average molecular weight is 580 g/mol. The molecule has 2 amide bonds. The SMILES string of the molecule is CCCCCCCCCCCCCCCCCCNC(=O)Oc1ccccc1CCC(=O)N1CCN(C)CC1.Cl. The summed E-state index contributed by atoms with van der Waals surface area (Å²) in [6, 6.07) is 7.54. The zero-order chi connectivity index (χ0) is 28.0. The van der Waals surface area contributed by atoms with E-state index < -0.39 is 6.09 Å². The minimum atomic E-state index is -0.409. The molecule has 1 aliphatic rings. The Morgan fingerprint density at radius 1 is 0.750 bits per heavy atom. The molecule has 0 radical (unpaired) electrons. The molecule has 0 unspecified atom stereocenters. The fourth-order valence-corrected chi connectivity index (χ4v) is 5.26. The van der Waals surface area contributed by atoms with Gasteiger partial charge >= 0.3 is 6.09 Å². The number of halogens is 1. The molecular formula is C33H58ClN3O3. The summed E-state index contributed by atoms with van der Waals surface area (Å²) in [4.78, 5) is 29.1. The number of amides is 2. The number of hydrogen-bond acceptors (Lipinski definition) is 4. The van der Waals surface area contributed by atoms with E-state index in [1.165, 1.54) is 89.9 Å². The Balaban J connectivity index is 0.00000800. The van der Waals surface area contributed by atoms with Crippen LogP contribution in [0.5, 0.6) is 5.75 Å². The molecule has 6 nitrogen and oxygen atoms in total. The summed E-state index contributed by atoms with van der Waals surface area (Å²) in [5.74, 6) is 0.721. The molecule has 0 bridgehead atoms. The van der Waals surface area contributed by atoms with Crippen molar-refractivity contribution in [3.8, 4) is 5.75 Å². The number of benzene rings is 1. The Labute approximate surface area is 251 Å². The number of ether oxygens (including phenoxy) is 1. The molecular weight excluding hydrogens is 522 g/mol. The van der Waals surface area contributed by atoms with E-state index in [0.29, 0.717) is 25.1 Å². The van der Waals surface area contributed by atoms with Crippen molar-refractivity contribution in [2.45, 2.75) is 122 Å². The van der Waals surface area contributed by atoms with Crippen LogP contribution in [0.4, 0.5) is 4.79 Å². The average Bonchev–Trinajstić information content (AvgIpc) is 2.94. The Morgan fingerprint density at radius 3 is 1.80 bits per heavy atom. The number of rotatable bonds is 21. The van der Waals surface area contributed by atoms with Gasteiger partial charge in [-0.3, -0.25) is 4.79 Å². The van der Waals surface area contributed by atoms with Crippen molar-refractivity contribution in [1.29, 1.82) is 0 Å². The molecule has 1 aliphatic heterocycles. The van der Waals surface area contributed by atoms with Gasteiger partial charge in [0.15, 0.2) is 0 Å². The third kappa shape index (κ3) is 17.1. The predicted octanol–water partition coefficient (Wildman–Crippen LogP) is 8.16. The maximum absolute atomic E-state index is 12.6. The fraction of sp³-hybridized carbons (Fsp3) is 0.758. The summed E-state index contributed by atoms with van der Waals surface area (Å²) in [6.45, 7) is 6.34. The first-order valence-corrected chi connectivity index (χ1v) is 16.1. The lowest BCUT2D eigenvalue weighted by molar-refractivity contribution is -0.132. The highest BCUT2D eigenvalue weighted by molar-refractivity contribution is 5.85. The topological polar surface area (TPSA) is 61.9 Å². The van der Waals surface area contributed by atoms with Crippen LogP contribution in [0.3, 0.4) is 0 Å². The van der Waals surface area contributed by atoms with Crippen molar-refractivity contribution in [2.24, 2.45) is 0 Å². The van der Waals surface area contributed by atoms with Crippen LogP contribution in [0, 0.1) is 0 Å². The highest BCUT2D eigenvalue weighted by Crippen LogP contribution is 2.20. The van der Waals surface area contributed by atoms with Crippen LogP contribution >= 0.6 is 12.4 Å². The quantitative estimate of drug-likeness (QED) is 0.149. The number of carbonyl (C=O) groups excluding carboxylic acids is 2. The molecule has 1 heterocycles. The number of nitrogens with one attached hydrogen (secondary N) is 1. The minimum absolute atomic E-state index is 0. The van der Waals surface area contributed by atoms with E-state index in [1.807, 2.05) is 29.2 Å². The molecule has 0 saturated carbocycles. The van der Waals surface area contributed by atoms with Crippen molar-refractivity contribution >= 4 is 24.4 Å². The van der Waals surface area contributed by atoms with Crippen molar-refractivity contribution in [3.63, 3.8) is 0 Å². The second-order valence-corrected chi connectivity index (χ2v) is 11.4. The summed E-state index contributed by atoms with van der Waals surface area (Å²) < 4.78 is 5.58. The lowest BCUT2D eigenvalue weighted by atomic mass is 10.0. The van der Waals surface area contributed by atoms with Crippen LogP contribution in [-0.4, -0.2) is 61.6 Å². The van der Waals surface area contributed by atoms with E-state index in [2.05, 4.69) is 24.2 Å². The molecule has 230 valence electrons. The highest BCUT2D eigenvalue weighted by atomic mass is 35.5. The molecule has 2 rings (SSSR count). The number of para-hydroxylation sites is 1. The maximum atomic E-state index is 12.6. The second-order valence-electron chi connectivity index (χ2n) is 11.4. The first kappa shape index (κ1) is 36.2. The van der Waals surface area contributed by atoms with Crippen molar-refractivity contribution in [3.05, 3.63) is 29.8 Å². The third-order valence-corrected chi connectivity index (χ3v) is 7.94. The van der Waals surface area contributed by atoms with Gasteiger partial charge in [0, 0.05) is 39.1 Å². The lowest BCUT2D eigenvalue weighted by Gasteiger charge is -2.32. The molecule has 1 N–H and O–H groups in total. The number of likely N-dealkylation sites (N-methyl/N-ethyl adjacent to an activating group) is 1. The van der Waals surface area contributed by atoms with Crippen molar-refractivity contribution in [1.82, 2.24) is 15.1 Å². The minimum Gasteiger partial charge on any atom is -0.410 e. The van der Waals surface area contributed by atoms with Gasteiger partial charge < -0.3 is 19.9 Å². The van der Waals surface area contributed by atoms with Crippen LogP contribution in [0.15, 0.2) is 24.3 Å². The summed E-state index contributed by atoms with van der Waals surface area (Å²) in [5.41, 5.74) is 0.900. The predicted molar refractivity (Wildman–Crippen MR) is 170 cm³/mol. The van der Waals surface area contributed by atoms with Gasteiger partial charge in [-0.15, -0.1) is 12.4 Å². The molecule has 1 aromatic carbocycles. The van der Waals surface area contributed by atoms with Gasteiger partial charge in [-0.1, -0.05) is 121 Å².